The number of rotatable bonds is 2. The highest BCUT2D eigenvalue weighted by atomic mass is 14.0. The summed E-state index contributed by atoms with van der Waals surface area (Å²) in [5, 5.41) is 0. The monoisotopic (exact) mass is 107 g/mol. The van der Waals surface area contributed by atoms with Crippen LogP contribution in [0, 0.1) is 6.08 Å². The van der Waals surface area contributed by atoms with E-state index in [1.165, 1.54) is 18.4 Å². The van der Waals surface area contributed by atoms with Crippen LogP contribution in [0.2, 0.25) is 0 Å². The van der Waals surface area contributed by atoms with Gasteiger partial charge < -0.3 is 0 Å². The maximum absolute atomic E-state index is 3.26. The van der Waals surface area contributed by atoms with Crippen LogP contribution in [0.4, 0.5) is 0 Å². The highest BCUT2D eigenvalue weighted by molar-refractivity contribution is 5.21. The van der Waals surface area contributed by atoms with Crippen molar-refractivity contribution >= 4 is 0 Å². The van der Waals surface area contributed by atoms with Crippen LogP contribution in [0.15, 0.2) is 17.7 Å². The molecule has 43 valence electrons. The smallest absolute Gasteiger partial charge is 0.00885 e. The summed E-state index contributed by atoms with van der Waals surface area (Å²) < 4.78 is 0. The van der Waals surface area contributed by atoms with E-state index < -0.39 is 0 Å². The van der Waals surface area contributed by atoms with Gasteiger partial charge in [-0.15, -0.1) is 0 Å². The lowest BCUT2D eigenvalue weighted by molar-refractivity contribution is 0.924. The minimum Gasteiger partial charge on any atom is -0.0798 e. The summed E-state index contributed by atoms with van der Waals surface area (Å²) in [5.74, 6) is 0. The van der Waals surface area contributed by atoms with Crippen molar-refractivity contribution in [1.29, 1.82) is 0 Å². The molecule has 0 unspecified atom stereocenters. The fraction of sp³-hybridized carbons (Fsp3) is 0.500. The Morgan fingerprint density at radius 2 is 2.62 bits per heavy atom. The summed E-state index contributed by atoms with van der Waals surface area (Å²) in [6.07, 6.45) is 11.1. The second-order valence-electron chi connectivity index (χ2n) is 2.06. The van der Waals surface area contributed by atoms with Gasteiger partial charge in [-0.1, -0.05) is 25.5 Å². The van der Waals surface area contributed by atoms with Crippen molar-refractivity contribution in [2.24, 2.45) is 0 Å². The molecule has 8 heavy (non-hydrogen) atoms. The Morgan fingerprint density at radius 1 is 1.75 bits per heavy atom. The molecule has 0 fully saturated rings. The third kappa shape index (κ3) is 1.22. The average molecular weight is 107 g/mol. The zero-order chi connectivity index (χ0) is 5.82. The van der Waals surface area contributed by atoms with Gasteiger partial charge in [0.2, 0.25) is 0 Å². The first kappa shape index (κ1) is 5.61. The van der Waals surface area contributed by atoms with E-state index in [-0.39, 0.29) is 0 Å². The van der Waals surface area contributed by atoms with Crippen molar-refractivity contribution in [3.05, 3.63) is 23.8 Å². The Hall–Kier alpha value is -0.520. The van der Waals surface area contributed by atoms with Crippen LogP contribution >= 0.6 is 0 Å². The van der Waals surface area contributed by atoms with Crippen molar-refractivity contribution in [2.45, 2.75) is 26.2 Å². The summed E-state index contributed by atoms with van der Waals surface area (Å²) in [5.41, 5.74) is 1.40. The molecule has 0 heteroatoms. The molecule has 0 aromatic heterocycles. The van der Waals surface area contributed by atoms with Crippen LogP contribution in [0.3, 0.4) is 0 Å². The van der Waals surface area contributed by atoms with Gasteiger partial charge in [-0.3, -0.25) is 0 Å². The van der Waals surface area contributed by atoms with E-state index in [0.29, 0.717) is 0 Å². The SMILES string of the molecule is CCCC1=[C]CC=C1. The maximum Gasteiger partial charge on any atom is -0.00885 e. The van der Waals surface area contributed by atoms with E-state index in [1.807, 2.05) is 0 Å². The average Bonchev–Trinajstić information content (AvgIpc) is 2.19. The molecule has 0 amide bonds. The predicted molar refractivity (Wildman–Crippen MR) is 35.4 cm³/mol. The van der Waals surface area contributed by atoms with Crippen LogP contribution in [0.5, 0.6) is 0 Å². The van der Waals surface area contributed by atoms with Gasteiger partial charge in [-0.2, -0.15) is 0 Å². The Labute approximate surface area is 50.9 Å². The van der Waals surface area contributed by atoms with Gasteiger partial charge in [0.05, 0.1) is 0 Å². The topological polar surface area (TPSA) is 0 Å². The van der Waals surface area contributed by atoms with Gasteiger partial charge in [0.1, 0.15) is 0 Å². The largest absolute Gasteiger partial charge is 0.0798 e. The third-order valence-electron chi connectivity index (χ3n) is 1.29. The first-order valence-corrected chi connectivity index (χ1v) is 3.19. The van der Waals surface area contributed by atoms with E-state index in [9.17, 15) is 0 Å². The predicted octanol–water partition coefficient (Wildman–Crippen LogP) is 2.48. The zero-order valence-corrected chi connectivity index (χ0v) is 5.28. The van der Waals surface area contributed by atoms with E-state index in [0.717, 1.165) is 6.42 Å². The van der Waals surface area contributed by atoms with Crippen molar-refractivity contribution in [2.75, 3.05) is 0 Å². The van der Waals surface area contributed by atoms with E-state index in [4.69, 9.17) is 0 Å². The highest BCUT2D eigenvalue weighted by Gasteiger charge is 1.93. The second-order valence-corrected chi connectivity index (χ2v) is 2.06. The first-order valence-electron chi connectivity index (χ1n) is 3.19. The molecule has 0 N–H and O–H groups in total. The summed E-state index contributed by atoms with van der Waals surface area (Å²) >= 11 is 0. The van der Waals surface area contributed by atoms with Crippen molar-refractivity contribution in [3.8, 4) is 0 Å². The molecule has 1 aliphatic carbocycles. The minimum absolute atomic E-state index is 1.04. The molecular weight excluding hydrogens is 96.1 g/mol. The Kier molecular flexibility index (Phi) is 1.90. The summed E-state index contributed by atoms with van der Waals surface area (Å²) in [6.45, 7) is 2.20. The lowest BCUT2D eigenvalue weighted by Gasteiger charge is -1.89. The number of hydrogen-bond donors (Lipinski definition) is 0. The lowest BCUT2D eigenvalue weighted by atomic mass is 10.2. The summed E-state index contributed by atoms with van der Waals surface area (Å²) in [6, 6.07) is 0. The molecule has 0 saturated heterocycles. The molecular formula is C8H11. The number of allylic oxidation sites excluding steroid dienone is 4. The third-order valence-corrected chi connectivity index (χ3v) is 1.29. The molecule has 1 radical (unpaired) electrons. The van der Waals surface area contributed by atoms with Gasteiger partial charge in [-0.25, -0.2) is 0 Å². The quantitative estimate of drug-likeness (QED) is 0.508. The van der Waals surface area contributed by atoms with Crippen LogP contribution in [-0.4, -0.2) is 0 Å². The molecule has 0 aliphatic heterocycles. The molecule has 0 heterocycles. The second kappa shape index (κ2) is 2.71. The zero-order valence-electron chi connectivity index (χ0n) is 5.28. The van der Waals surface area contributed by atoms with Crippen molar-refractivity contribution in [1.82, 2.24) is 0 Å². The molecule has 0 bridgehead atoms. The van der Waals surface area contributed by atoms with Gasteiger partial charge in [-0.05, 0) is 24.5 Å². The van der Waals surface area contributed by atoms with Crippen LogP contribution in [0.25, 0.3) is 0 Å². The normalized spacial score (nSPS) is 16.9. The standard InChI is InChI=1S/C8H11/c1-2-5-8-6-3-4-7-8/h3,6H,2,4-5H2,1H3. The van der Waals surface area contributed by atoms with Gasteiger partial charge in [0.15, 0.2) is 0 Å². The molecule has 0 atom stereocenters. The van der Waals surface area contributed by atoms with Gasteiger partial charge >= 0.3 is 0 Å². The van der Waals surface area contributed by atoms with Crippen molar-refractivity contribution < 1.29 is 0 Å². The summed E-state index contributed by atoms with van der Waals surface area (Å²) in [7, 11) is 0. The van der Waals surface area contributed by atoms with E-state index >= 15 is 0 Å². The highest BCUT2D eigenvalue weighted by Crippen LogP contribution is 2.12. The fourth-order valence-corrected chi connectivity index (χ4v) is 0.891. The van der Waals surface area contributed by atoms with Crippen LogP contribution in [-0.2, 0) is 0 Å². The van der Waals surface area contributed by atoms with Crippen LogP contribution < -0.4 is 0 Å². The Balaban J connectivity index is 2.34. The molecule has 0 aromatic rings. The van der Waals surface area contributed by atoms with E-state index in [2.05, 4.69) is 25.2 Å². The molecule has 0 spiro atoms. The molecule has 0 saturated carbocycles. The maximum atomic E-state index is 3.26. The van der Waals surface area contributed by atoms with Crippen LogP contribution in [0.1, 0.15) is 26.2 Å². The molecule has 0 nitrogen and oxygen atoms in total. The molecule has 1 rings (SSSR count). The minimum atomic E-state index is 1.04. The fourth-order valence-electron chi connectivity index (χ4n) is 0.891. The lowest BCUT2D eigenvalue weighted by Crippen LogP contribution is -1.71. The van der Waals surface area contributed by atoms with E-state index in [1.54, 1.807) is 0 Å². The molecule has 0 aromatic carbocycles. The first-order chi connectivity index (χ1) is 3.93. The Morgan fingerprint density at radius 3 is 3.12 bits per heavy atom. The molecule has 1 aliphatic rings. The Bertz CT molecular complexity index is 118. The summed E-state index contributed by atoms with van der Waals surface area (Å²) in [4.78, 5) is 0. The van der Waals surface area contributed by atoms with Crippen molar-refractivity contribution in [3.63, 3.8) is 0 Å². The van der Waals surface area contributed by atoms with Gasteiger partial charge in [0.25, 0.3) is 0 Å². The number of hydrogen-bond acceptors (Lipinski definition) is 0. The van der Waals surface area contributed by atoms with Gasteiger partial charge in [0, 0.05) is 0 Å².